The summed E-state index contributed by atoms with van der Waals surface area (Å²) in [6, 6.07) is 12.2. The summed E-state index contributed by atoms with van der Waals surface area (Å²) in [5.41, 5.74) is 1.50. The number of benzene rings is 2. The van der Waals surface area contributed by atoms with E-state index in [-0.39, 0.29) is 19.0 Å². The number of rotatable bonds is 5. The minimum absolute atomic E-state index is 0.0568. The normalized spacial score (nSPS) is 10.7. The Morgan fingerprint density at radius 3 is 2.64 bits per heavy atom. The largest absolute Gasteiger partial charge is 0.350 e. The summed E-state index contributed by atoms with van der Waals surface area (Å²) in [7, 11) is 0. The van der Waals surface area contributed by atoms with Gasteiger partial charge < -0.3 is 5.32 Å². The molecule has 1 aromatic heterocycles. The monoisotopic (exact) mass is 395 g/mol. The molecule has 3 aromatic rings. The van der Waals surface area contributed by atoms with E-state index in [1.54, 1.807) is 36.4 Å². The van der Waals surface area contributed by atoms with Gasteiger partial charge in [-0.05, 0) is 35.0 Å². The first-order chi connectivity index (χ1) is 12.0. The quantitative estimate of drug-likeness (QED) is 0.715. The van der Waals surface area contributed by atoms with Crippen LogP contribution in [0.15, 0.2) is 42.5 Å². The van der Waals surface area contributed by atoms with Gasteiger partial charge in [0.25, 0.3) is 0 Å². The standard InChI is InChI=1S/C16H12Cl3N5O/c17-12-3-1-2-10(6-12)16-21-23-24(22-16)9-15(25)20-8-11-4-5-13(18)7-14(11)19/h1-7H,8-9H2,(H,20,25). The lowest BCUT2D eigenvalue weighted by Gasteiger charge is -2.06. The minimum Gasteiger partial charge on any atom is -0.350 e. The topological polar surface area (TPSA) is 72.7 Å². The Labute approximate surface area is 158 Å². The van der Waals surface area contributed by atoms with Crippen LogP contribution in [-0.4, -0.2) is 26.1 Å². The molecule has 1 heterocycles. The lowest BCUT2D eigenvalue weighted by molar-refractivity contribution is -0.122. The van der Waals surface area contributed by atoms with Crippen LogP contribution in [0.25, 0.3) is 11.4 Å². The van der Waals surface area contributed by atoms with E-state index in [2.05, 4.69) is 20.7 Å². The van der Waals surface area contributed by atoms with Gasteiger partial charge >= 0.3 is 0 Å². The van der Waals surface area contributed by atoms with Crippen molar-refractivity contribution in [3.63, 3.8) is 0 Å². The van der Waals surface area contributed by atoms with E-state index in [1.807, 2.05) is 6.07 Å². The van der Waals surface area contributed by atoms with Gasteiger partial charge in [0.15, 0.2) is 0 Å². The van der Waals surface area contributed by atoms with Gasteiger partial charge in [0, 0.05) is 27.2 Å². The second-order valence-electron chi connectivity index (χ2n) is 5.17. The number of hydrogen-bond donors (Lipinski definition) is 1. The molecule has 0 spiro atoms. The molecule has 0 unspecified atom stereocenters. The molecule has 128 valence electrons. The molecule has 1 amide bonds. The van der Waals surface area contributed by atoms with Crippen LogP contribution in [0.2, 0.25) is 15.1 Å². The number of nitrogens with zero attached hydrogens (tertiary/aromatic N) is 4. The summed E-state index contributed by atoms with van der Waals surface area (Å²) in [6.07, 6.45) is 0. The number of carbonyl (C=O) groups excluding carboxylic acids is 1. The van der Waals surface area contributed by atoms with Crippen molar-refractivity contribution in [3.8, 4) is 11.4 Å². The van der Waals surface area contributed by atoms with Crippen LogP contribution in [0.5, 0.6) is 0 Å². The second kappa shape index (κ2) is 7.82. The highest BCUT2D eigenvalue weighted by atomic mass is 35.5. The number of carbonyl (C=O) groups is 1. The predicted molar refractivity (Wildman–Crippen MR) is 96.6 cm³/mol. The van der Waals surface area contributed by atoms with Crippen LogP contribution in [0.4, 0.5) is 0 Å². The molecular formula is C16H12Cl3N5O. The molecule has 25 heavy (non-hydrogen) atoms. The van der Waals surface area contributed by atoms with Crippen LogP contribution < -0.4 is 5.32 Å². The molecule has 2 aromatic carbocycles. The van der Waals surface area contributed by atoms with Gasteiger partial charge in [0.2, 0.25) is 11.7 Å². The molecule has 6 nitrogen and oxygen atoms in total. The average Bonchev–Trinajstić information content (AvgIpc) is 3.02. The Morgan fingerprint density at radius 1 is 1.08 bits per heavy atom. The van der Waals surface area contributed by atoms with E-state index < -0.39 is 0 Å². The Balaban J connectivity index is 1.60. The Kier molecular flexibility index (Phi) is 5.53. The highest BCUT2D eigenvalue weighted by molar-refractivity contribution is 6.35. The van der Waals surface area contributed by atoms with Crippen molar-refractivity contribution in [3.05, 3.63) is 63.1 Å². The highest BCUT2D eigenvalue weighted by Crippen LogP contribution is 2.21. The van der Waals surface area contributed by atoms with Crippen molar-refractivity contribution >= 4 is 40.7 Å². The summed E-state index contributed by atoms with van der Waals surface area (Å²) >= 11 is 17.9. The number of tetrazole rings is 1. The van der Waals surface area contributed by atoms with E-state index >= 15 is 0 Å². The molecule has 1 N–H and O–H groups in total. The molecule has 0 saturated heterocycles. The first-order valence-electron chi connectivity index (χ1n) is 7.25. The van der Waals surface area contributed by atoms with E-state index in [1.165, 1.54) is 4.80 Å². The van der Waals surface area contributed by atoms with E-state index in [4.69, 9.17) is 34.8 Å². The Morgan fingerprint density at radius 2 is 1.88 bits per heavy atom. The fourth-order valence-electron chi connectivity index (χ4n) is 2.10. The SMILES string of the molecule is O=C(Cn1nnc(-c2cccc(Cl)c2)n1)NCc1ccc(Cl)cc1Cl. The van der Waals surface area contributed by atoms with Gasteiger partial charge in [-0.2, -0.15) is 4.80 Å². The first kappa shape index (κ1) is 17.7. The van der Waals surface area contributed by atoms with Crippen molar-refractivity contribution in [2.75, 3.05) is 0 Å². The Hall–Kier alpha value is -2.15. The van der Waals surface area contributed by atoms with Crippen LogP contribution >= 0.6 is 34.8 Å². The number of nitrogens with one attached hydrogen (secondary N) is 1. The average molecular weight is 397 g/mol. The zero-order valence-electron chi connectivity index (χ0n) is 12.8. The van der Waals surface area contributed by atoms with Crippen LogP contribution in [0.3, 0.4) is 0 Å². The zero-order valence-corrected chi connectivity index (χ0v) is 15.1. The fourth-order valence-corrected chi connectivity index (χ4v) is 2.76. The molecule has 0 aliphatic carbocycles. The second-order valence-corrected chi connectivity index (χ2v) is 6.45. The lowest BCUT2D eigenvalue weighted by Crippen LogP contribution is -2.28. The third-order valence-electron chi connectivity index (χ3n) is 3.31. The number of amides is 1. The van der Waals surface area contributed by atoms with Crippen LogP contribution in [-0.2, 0) is 17.9 Å². The van der Waals surface area contributed by atoms with Crippen LogP contribution in [0, 0.1) is 0 Å². The van der Waals surface area contributed by atoms with Crippen molar-refractivity contribution in [1.29, 1.82) is 0 Å². The van der Waals surface area contributed by atoms with E-state index in [9.17, 15) is 4.79 Å². The van der Waals surface area contributed by atoms with E-state index in [0.717, 1.165) is 11.1 Å². The van der Waals surface area contributed by atoms with Crippen molar-refractivity contribution in [1.82, 2.24) is 25.5 Å². The van der Waals surface area contributed by atoms with E-state index in [0.29, 0.717) is 20.9 Å². The van der Waals surface area contributed by atoms with Gasteiger partial charge in [-0.1, -0.05) is 53.0 Å². The number of halogens is 3. The molecule has 0 atom stereocenters. The summed E-state index contributed by atoms with van der Waals surface area (Å²) in [4.78, 5) is 13.3. The van der Waals surface area contributed by atoms with Gasteiger partial charge in [0.1, 0.15) is 6.54 Å². The molecule has 0 aliphatic rings. The molecule has 0 radical (unpaired) electrons. The van der Waals surface area contributed by atoms with Crippen LogP contribution in [0.1, 0.15) is 5.56 Å². The summed E-state index contributed by atoms with van der Waals surface area (Å²) in [6.45, 7) is 0.226. The van der Waals surface area contributed by atoms with Crippen molar-refractivity contribution < 1.29 is 4.79 Å². The third kappa shape index (κ3) is 4.69. The molecule has 0 fully saturated rings. The lowest BCUT2D eigenvalue weighted by atomic mass is 10.2. The maximum Gasteiger partial charge on any atom is 0.243 e. The smallest absolute Gasteiger partial charge is 0.243 e. The number of hydrogen-bond acceptors (Lipinski definition) is 4. The van der Waals surface area contributed by atoms with Gasteiger partial charge in [-0.3, -0.25) is 4.79 Å². The van der Waals surface area contributed by atoms with Gasteiger partial charge in [-0.25, -0.2) is 0 Å². The molecule has 9 heteroatoms. The molecule has 0 bridgehead atoms. The summed E-state index contributed by atoms with van der Waals surface area (Å²) < 4.78 is 0. The first-order valence-corrected chi connectivity index (χ1v) is 8.39. The maximum absolute atomic E-state index is 12.0. The number of aromatic nitrogens is 4. The summed E-state index contributed by atoms with van der Waals surface area (Å²) in [5.74, 6) is 0.136. The summed E-state index contributed by atoms with van der Waals surface area (Å²) in [5, 5.41) is 16.3. The predicted octanol–water partition coefficient (Wildman–Crippen LogP) is 3.62. The third-order valence-corrected chi connectivity index (χ3v) is 4.13. The minimum atomic E-state index is -0.263. The highest BCUT2D eigenvalue weighted by Gasteiger charge is 2.10. The van der Waals surface area contributed by atoms with Crippen molar-refractivity contribution in [2.24, 2.45) is 0 Å². The maximum atomic E-state index is 12.0. The zero-order chi connectivity index (χ0) is 17.8. The van der Waals surface area contributed by atoms with Gasteiger partial charge in [-0.15, -0.1) is 10.2 Å². The molecular weight excluding hydrogens is 385 g/mol. The molecule has 0 aliphatic heterocycles. The van der Waals surface area contributed by atoms with Gasteiger partial charge in [0.05, 0.1) is 0 Å². The fraction of sp³-hybridized carbons (Fsp3) is 0.125. The molecule has 3 rings (SSSR count). The Bertz CT molecular complexity index is 912. The molecule has 0 saturated carbocycles. The van der Waals surface area contributed by atoms with Crippen molar-refractivity contribution in [2.45, 2.75) is 13.1 Å².